The van der Waals surface area contributed by atoms with Gasteiger partial charge < -0.3 is 10.0 Å². The van der Waals surface area contributed by atoms with E-state index in [2.05, 4.69) is 6.07 Å². The first kappa shape index (κ1) is 20.5. The van der Waals surface area contributed by atoms with Crippen LogP contribution in [0.1, 0.15) is 60.0 Å². The number of carboxylic acids is 1. The fourth-order valence-corrected chi connectivity index (χ4v) is 4.38. The molecule has 1 amide bonds. The standard InChI is InChI=1S/C22H30N2O4/c1-23(15-22(27)28)19-6-3-12-24(13-11-19)21(26)10-9-20(25)18-8-7-16-4-2-5-17(16)14-18/h7-8,14,19H,2-6,9-13,15H2,1H3,(H,27,28). The monoisotopic (exact) mass is 386 g/mol. The van der Waals surface area contributed by atoms with Crippen molar-refractivity contribution in [2.75, 3.05) is 26.7 Å². The maximum atomic E-state index is 12.6. The molecule has 152 valence electrons. The Bertz CT molecular complexity index is 746. The van der Waals surface area contributed by atoms with Crippen LogP contribution in [0.25, 0.3) is 0 Å². The number of hydrogen-bond acceptors (Lipinski definition) is 4. The van der Waals surface area contributed by atoms with E-state index < -0.39 is 5.97 Å². The van der Waals surface area contributed by atoms with Gasteiger partial charge in [0.05, 0.1) is 6.54 Å². The minimum atomic E-state index is -0.829. The van der Waals surface area contributed by atoms with Gasteiger partial charge in [-0.05, 0) is 62.8 Å². The van der Waals surface area contributed by atoms with E-state index in [1.807, 2.05) is 29.0 Å². The van der Waals surface area contributed by atoms with Crippen molar-refractivity contribution in [1.29, 1.82) is 0 Å². The van der Waals surface area contributed by atoms with E-state index in [9.17, 15) is 14.4 Å². The normalized spacial score (nSPS) is 19.4. The Labute approximate surface area is 166 Å². The molecule has 1 aromatic rings. The maximum absolute atomic E-state index is 12.6. The number of aliphatic carboxylic acids is 1. The second-order valence-corrected chi connectivity index (χ2v) is 8.03. The molecule has 0 spiro atoms. The highest BCUT2D eigenvalue weighted by Gasteiger charge is 2.24. The smallest absolute Gasteiger partial charge is 0.317 e. The SMILES string of the molecule is CN(CC(=O)O)C1CCCN(C(=O)CCC(=O)c2ccc3c(c2)CCC3)CC1. The summed E-state index contributed by atoms with van der Waals surface area (Å²) in [5.41, 5.74) is 3.35. The number of Topliss-reactive ketones (excluding diaryl/α,β-unsaturated/α-hetero) is 1. The van der Waals surface area contributed by atoms with Gasteiger partial charge in [0.1, 0.15) is 0 Å². The molecule has 0 bridgehead atoms. The number of carboxylic acid groups (broad SMARTS) is 1. The largest absolute Gasteiger partial charge is 0.480 e. The van der Waals surface area contributed by atoms with Crippen LogP contribution in [0.3, 0.4) is 0 Å². The number of likely N-dealkylation sites (N-methyl/N-ethyl adjacent to an activating group) is 1. The van der Waals surface area contributed by atoms with Crippen LogP contribution < -0.4 is 0 Å². The summed E-state index contributed by atoms with van der Waals surface area (Å²) in [4.78, 5) is 39.7. The Hall–Kier alpha value is -2.21. The molecule has 1 aliphatic carbocycles. The number of benzene rings is 1. The molecule has 1 atom stereocenters. The van der Waals surface area contributed by atoms with Crippen LogP contribution in [0.4, 0.5) is 0 Å². The zero-order chi connectivity index (χ0) is 20.1. The minimum absolute atomic E-state index is 0.0217. The van der Waals surface area contributed by atoms with Crippen molar-refractivity contribution in [1.82, 2.24) is 9.80 Å². The van der Waals surface area contributed by atoms with Gasteiger partial charge in [0.15, 0.2) is 5.78 Å². The summed E-state index contributed by atoms with van der Waals surface area (Å²) in [6, 6.07) is 6.14. The van der Waals surface area contributed by atoms with Crippen LogP contribution in [0.15, 0.2) is 18.2 Å². The van der Waals surface area contributed by atoms with Crippen LogP contribution in [-0.2, 0) is 22.4 Å². The second-order valence-electron chi connectivity index (χ2n) is 8.03. The van der Waals surface area contributed by atoms with Gasteiger partial charge in [-0.15, -0.1) is 0 Å². The summed E-state index contributed by atoms with van der Waals surface area (Å²) >= 11 is 0. The number of carbonyl (C=O) groups excluding carboxylic acids is 2. The molecule has 28 heavy (non-hydrogen) atoms. The molecular formula is C22H30N2O4. The number of carbonyl (C=O) groups is 3. The summed E-state index contributed by atoms with van der Waals surface area (Å²) in [6.45, 7) is 1.33. The zero-order valence-electron chi connectivity index (χ0n) is 16.7. The van der Waals surface area contributed by atoms with E-state index in [4.69, 9.17) is 5.11 Å². The molecule has 3 rings (SSSR count). The van der Waals surface area contributed by atoms with Crippen LogP contribution in [-0.4, -0.2) is 65.3 Å². The average molecular weight is 386 g/mol. The first-order chi connectivity index (χ1) is 13.4. The van der Waals surface area contributed by atoms with Crippen LogP contribution in [0.5, 0.6) is 0 Å². The number of nitrogens with zero attached hydrogens (tertiary/aromatic N) is 2. The van der Waals surface area contributed by atoms with E-state index in [1.165, 1.54) is 11.1 Å². The Morgan fingerprint density at radius 1 is 1.07 bits per heavy atom. The first-order valence-corrected chi connectivity index (χ1v) is 10.3. The lowest BCUT2D eigenvalue weighted by Crippen LogP contribution is -2.37. The van der Waals surface area contributed by atoms with Gasteiger partial charge in [0.2, 0.25) is 5.91 Å². The van der Waals surface area contributed by atoms with Crippen molar-refractivity contribution in [3.8, 4) is 0 Å². The van der Waals surface area contributed by atoms with Gasteiger partial charge in [0, 0.05) is 37.5 Å². The molecule has 1 fully saturated rings. The van der Waals surface area contributed by atoms with Crippen molar-refractivity contribution >= 4 is 17.7 Å². The summed E-state index contributed by atoms with van der Waals surface area (Å²) in [5.74, 6) is -0.766. The van der Waals surface area contributed by atoms with Crippen molar-refractivity contribution in [2.24, 2.45) is 0 Å². The third kappa shape index (κ3) is 5.19. The van der Waals surface area contributed by atoms with Gasteiger partial charge in [-0.25, -0.2) is 0 Å². The second kappa shape index (κ2) is 9.32. The van der Waals surface area contributed by atoms with Gasteiger partial charge >= 0.3 is 5.97 Å². The molecule has 0 saturated carbocycles. The number of likely N-dealkylation sites (tertiary alicyclic amines) is 1. The van der Waals surface area contributed by atoms with Crippen LogP contribution in [0.2, 0.25) is 0 Å². The van der Waals surface area contributed by atoms with E-state index >= 15 is 0 Å². The number of aryl methyl sites for hydroxylation is 2. The lowest BCUT2D eigenvalue weighted by Gasteiger charge is -2.25. The molecule has 1 saturated heterocycles. The fraction of sp³-hybridized carbons (Fsp3) is 0.591. The fourth-order valence-electron chi connectivity index (χ4n) is 4.38. The Balaban J connectivity index is 1.48. The summed E-state index contributed by atoms with van der Waals surface area (Å²) in [5, 5.41) is 8.95. The van der Waals surface area contributed by atoms with Gasteiger partial charge in [-0.1, -0.05) is 12.1 Å². The Kier molecular flexibility index (Phi) is 6.83. The predicted octanol–water partition coefficient (Wildman–Crippen LogP) is 2.54. The van der Waals surface area contributed by atoms with Crippen molar-refractivity contribution in [3.63, 3.8) is 0 Å². The van der Waals surface area contributed by atoms with Crippen molar-refractivity contribution in [3.05, 3.63) is 34.9 Å². The van der Waals surface area contributed by atoms with Gasteiger partial charge in [-0.3, -0.25) is 19.3 Å². The molecule has 6 heteroatoms. The summed E-state index contributed by atoms with van der Waals surface area (Å²) in [6.07, 6.45) is 6.31. The zero-order valence-corrected chi connectivity index (χ0v) is 16.7. The number of ketones is 1. The summed E-state index contributed by atoms with van der Waals surface area (Å²) < 4.78 is 0. The molecule has 1 unspecified atom stereocenters. The molecule has 1 heterocycles. The van der Waals surface area contributed by atoms with E-state index in [-0.39, 0.29) is 37.1 Å². The Morgan fingerprint density at radius 3 is 2.64 bits per heavy atom. The van der Waals surface area contributed by atoms with E-state index in [1.54, 1.807) is 0 Å². The highest BCUT2D eigenvalue weighted by atomic mass is 16.4. The molecular weight excluding hydrogens is 356 g/mol. The highest BCUT2D eigenvalue weighted by Crippen LogP contribution is 2.24. The van der Waals surface area contributed by atoms with E-state index in [0.29, 0.717) is 13.1 Å². The van der Waals surface area contributed by atoms with E-state index in [0.717, 1.165) is 44.1 Å². The molecule has 0 radical (unpaired) electrons. The molecule has 6 nitrogen and oxygen atoms in total. The van der Waals surface area contributed by atoms with Gasteiger partial charge in [0.25, 0.3) is 0 Å². The number of rotatable bonds is 7. The third-order valence-corrected chi connectivity index (χ3v) is 6.04. The van der Waals surface area contributed by atoms with Crippen molar-refractivity contribution < 1.29 is 19.5 Å². The first-order valence-electron chi connectivity index (χ1n) is 10.3. The number of fused-ring (bicyclic) bond motifs is 1. The highest BCUT2D eigenvalue weighted by molar-refractivity contribution is 5.98. The molecule has 2 aliphatic rings. The lowest BCUT2D eigenvalue weighted by molar-refractivity contribution is -0.138. The minimum Gasteiger partial charge on any atom is -0.480 e. The quantitative estimate of drug-likeness (QED) is 0.729. The Morgan fingerprint density at radius 2 is 1.86 bits per heavy atom. The number of amides is 1. The molecule has 0 aromatic heterocycles. The maximum Gasteiger partial charge on any atom is 0.317 e. The van der Waals surface area contributed by atoms with Crippen molar-refractivity contribution in [2.45, 2.75) is 57.4 Å². The van der Waals surface area contributed by atoms with Gasteiger partial charge in [-0.2, -0.15) is 0 Å². The lowest BCUT2D eigenvalue weighted by atomic mass is 10.0. The predicted molar refractivity (Wildman–Crippen MR) is 107 cm³/mol. The topological polar surface area (TPSA) is 77.9 Å². The molecule has 1 aliphatic heterocycles. The molecule has 1 aromatic carbocycles. The average Bonchev–Trinajstić information content (AvgIpc) is 2.99. The third-order valence-electron chi connectivity index (χ3n) is 6.04. The molecule has 1 N–H and O–H groups in total. The number of hydrogen-bond donors (Lipinski definition) is 1. The summed E-state index contributed by atoms with van der Waals surface area (Å²) in [7, 11) is 1.82. The van der Waals surface area contributed by atoms with Crippen LogP contribution in [0, 0.1) is 0 Å². The van der Waals surface area contributed by atoms with Crippen LogP contribution >= 0.6 is 0 Å².